The van der Waals surface area contributed by atoms with Gasteiger partial charge in [-0.15, -0.1) is 11.6 Å². The lowest BCUT2D eigenvalue weighted by Gasteiger charge is -2.09. The monoisotopic (exact) mass is 333 g/mol. The van der Waals surface area contributed by atoms with E-state index in [1.807, 2.05) is 22.6 Å². The van der Waals surface area contributed by atoms with Gasteiger partial charge in [-0.05, 0) is 28.7 Å². The van der Waals surface area contributed by atoms with Crippen LogP contribution in [0.15, 0.2) is 6.07 Å². The van der Waals surface area contributed by atoms with E-state index in [1.165, 1.54) is 6.07 Å². The maximum Gasteiger partial charge on any atom is 0.264 e. The molecule has 1 rings (SSSR count). The number of nitrogens with zero attached hydrogens (tertiary/aromatic N) is 1. The molecule has 0 amide bonds. The number of aromatic nitrogens is 1. The first kappa shape index (κ1) is 12.1. The van der Waals surface area contributed by atoms with Crippen molar-refractivity contribution < 1.29 is 13.9 Å². The highest BCUT2D eigenvalue weighted by Crippen LogP contribution is 2.27. The minimum Gasteiger partial charge on any atom is -0.390 e. The minimum absolute atomic E-state index is 0.00332. The number of rotatable bonds is 3. The van der Waals surface area contributed by atoms with E-state index in [1.54, 1.807) is 0 Å². The number of aliphatic hydroxyl groups excluding tert-OH is 1. The molecule has 0 fully saturated rings. The van der Waals surface area contributed by atoms with Gasteiger partial charge < -0.3 is 5.11 Å². The van der Waals surface area contributed by atoms with Crippen LogP contribution in [0.2, 0.25) is 0 Å². The molecule has 0 aliphatic heterocycles. The Kier molecular flexibility index (Phi) is 4.46. The van der Waals surface area contributed by atoms with Crippen LogP contribution in [0, 0.1) is 3.70 Å². The third kappa shape index (κ3) is 2.52. The quantitative estimate of drug-likeness (QED) is 0.524. The van der Waals surface area contributed by atoms with Crippen LogP contribution in [0.25, 0.3) is 0 Å². The number of alkyl halides is 3. The van der Waals surface area contributed by atoms with Crippen molar-refractivity contribution in [2.24, 2.45) is 0 Å². The van der Waals surface area contributed by atoms with E-state index in [0.717, 1.165) is 0 Å². The second-order valence-corrected chi connectivity index (χ2v) is 3.85. The van der Waals surface area contributed by atoms with Crippen molar-refractivity contribution in [3.63, 3.8) is 0 Å². The van der Waals surface area contributed by atoms with E-state index in [2.05, 4.69) is 4.98 Å². The number of aliphatic hydroxyl groups is 1. The molecule has 6 heteroatoms. The molecule has 1 aromatic rings. The van der Waals surface area contributed by atoms with Gasteiger partial charge in [0.1, 0.15) is 3.70 Å². The SMILES string of the molecule is OCc1cc(C(F)F)c(CCl)c(I)n1. The van der Waals surface area contributed by atoms with Crippen molar-refractivity contribution in [2.45, 2.75) is 18.9 Å². The smallest absolute Gasteiger partial charge is 0.264 e. The van der Waals surface area contributed by atoms with Crippen molar-refractivity contribution in [2.75, 3.05) is 0 Å². The highest BCUT2D eigenvalue weighted by Gasteiger charge is 2.17. The number of hydrogen-bond donors (Lipinski definition) is 1. The second kappa shape index (κ2) is 5.18. The molecule has 0 bridgehead atoms. The normalized spacial score (nSPS) is 11.0. The first-order chi connectivity index (χ1) is 6.60. The fourth-order valence-corrected chi connectivity index (χ4v) is 2.34. The van der Waals surface area contributed by atoms with Gasteiger partial charge in [0.15, 0.2) is 0 Å². The average molecular weight is 334 g/mol. The van der Waals surface area contributed by atoms with Gasteiger partial charge in [0, 0.05) is 11.1 Å². The summed E-state index contributed by atoms with van der Waals surface area (Å²) in [6, 6.07) is 1.19. The summed E-state index contributed by atoms with van der Waals surface area (Å²) in [6.45, 7) is -0.349. The molecule has 0 aliphatic carbocycles. The summed E-state index contributed by atoms with van der Waals surface area (Å²) < 4.78 is 25.5. The summed E-state index contributed by atoms with van der Waals surface area (Å²) in [5.41, 5.74) is 0.418. The van der Waals surface area contributed by atoms with Crippen LogP contribution in [0.3, 0.4) is 0 Å². The molecule has 0 saturated heterocycles. The van der Waals surface area contributed by atoms with Crippen molar-refractivity contribution in [1.29, 1.82) is 0 Å². The maximum atomic E-state index is 12.5. The zero-order valence-electron chi connectivity index (χ0n) is 6.98. The third-order valence-corrected chi connectivity index (χ3v) is 2.85. The van der Waals surface area contributed by atoms with Gasteiger partial charge in [-0.3, -0.25) is 0 Å². The van der Waals surface area contributed by atoms with Crippen LogP contribution >= 0.6 is 34.2 Å². The first-order valence-corrected chi connectivity index (χ1v) is 5.34. The zero-order chi connectivity index (χ0) is 10.7. The molecule has 14 heavy (non-hydrogen) atoms. The summed E-state index contributed by atoms with van der Waals surface area (Å²) in [5, 5.41) is 8.79. The molecule has 1 aromatic heterocycles. The van der Waals surface area contributed by atoms with Gasteiger partial charge in [0.2, 0.25) is 0 Å². The molecule has 0 unspecified atom stereocenters. The molecule has 2 nitrogen and oxygen atoms in total. The molecule has 0 aromatic carbocycles. The van der Waals surface area contributed by atoms with Crippen LogP contribution in [-0.4, -0.2) is 10.1 Å². The Balaban J connectivity index is 3.28. The molecule has 78 valence electrons. The van der Waals surface area contributed by atoms with Crippen molar-refractivity contribution in [1.82, 2.24) is 4.98 Å². The van der Waals surface area contributed by atoms with Crippen molar-refractivity contribution in [3.8, 4) is 0 Å². The van der Waals surface area contributed by atoms with Gasteiger partial charge in [-0.1, -0.05) is 0 Å². The standard InChI is InChI=1S/C8H7ClF2INO/c9-2-6-5(7(10)11)1-4(3-14)13-8(6)12/h1,7,14H,2-3H2. The number of hydrogen-bond acceptors (Lipinski definition) is 2. The number of halogens is 4. The summed E-state index contributed by atoms with van der Waals surface area (Å²) in [6.07, 6.45) is -2.59. The molecular weight excluding hydrogens is 326 g/mol. The Morgan fingerprint density at radius 3 is 2.64 bits per heavy atom. The Bertz CT molecular complexity index is 335. The van der Waals surface area contributed by atoms with Crippen LogP contribution < -0.4 is 0 Å². The highest BCUT2D eigenvalue weighted by molar-refractivity contribution is 14.1. The Morgan fingerprint density at radius 1 is 1.57 bits per heavy atom. The van der Waals surface area contributed by atoms with Crippen LogP contribution in [0.5, 0.6) is 0 Å². The van der Waals surface area contributed by atoms with Gasteiger partial charge in [0.05, 0.1) is 18.2 Å². The zero-order valence-corrected chi connectivity index (χ0v) is 9.89. The lowest BCUT2D eigenvalue weighted by Crippen LogP contribution is -2.02. The molecule has 0 radical (unpaired) electrons. The first-order valence-electron chi connectivity index (χ1n) is 3.73. The van der Waals surface area contributed by atoms with Crippen molar-refractivity contribution >= 4 is 34.2 Å². The molecule has 0 aliphatic rings. The Labute approximate surface area is 98.4 Å². The lowest BCUT2D eigenvalue weighted by atomic mass is 10.1. The fraction of sp³-hybridized carbons (Fsp3) is 0.375. The average Bonchev–Trinajstić information content (AvgIpc) is 2.16. The highest BCUT2D eigenvalue weighted by atomic mass is 127. The second-order valence-electron chi connectivity index (χ2n) is 2.56. The predicted molar refractivity (Wildman–Crippen MR) is 57.4 cm³/mol. The Morgan fingerprint density at radius 2 is 2.21 bits per heavy atom. The summed E-state index contributed by atoms with van der Waals surface area (Å²) in [4.78, 5) is 3.92. The topological polar surface area (TPSA) is 33.1 Å². The molecule has 0 atom stereocenters. The van der Waals surface area contributed by atoms with Crippen LogP contribution in [0.4, 0.5) is 8.78 Å². The van der Waals surface area contributed by atoms with E-state index in [-0.39, 0.29) is 23.7 Å². The summed E-state index contributed by atoms with van der Waals surface area (Å²) in [7, 11) is 0. The Hall–Kier alpha value is -0.0100. The van der Waals surface area contributed by atoms with Gasteiger partial charge in [0.25, 0.3) is 6.43 Å². The van der Waals surface area contributed by atoms with E-state index in [0.29, 0.717) is 9.26 Å². The summed E-state index contributed by atoms with van der Waals surface area (Å²) in [5.74, 6) is -0.00332. The molecular formula is C8H7ClF2INO. The van der Waals surface area contributed by atoms with Gasteiger partial charge in [-0.25, -0.2) is 13.8 Å². The lowest BCUT2D eigenvalue weighted by molar-refractivity contribution is 0.150. The molecule has 0 saturated carbocycles. The van der Waals surface area contributed by atoms with Gasteiger partial charge in [-0.2, -0.15) is 0 Å². The van der Waals surface area contributed by atoms with E-state index < -0.39 is 6.43 Å². The predicted octanol–water partition coefficient (Wildman–Crippen LogP) is 2.85. The fourth-order valence-electron chi connectivity index (χ4n) is 1.02. The van der Waals surface area contributed by atoms with Crippen LogP contribution in [-0.2, 0) is 12.5 Å². The van der Waals surface area contributed by atoms with E-state index in [9.17, 15) is 8.78 Å². The van der Waals surface area contributed by atoms with E-state index >= 15 is 0 Å². The van der Waals surface area contributed by atoms with Crippen LogP contribution in [0.1, 0.15) is 23.2 Å². The molecule has 0 spiro atoms. The van der Waals surface area contributed by atoms with E-state index in [4.69, 9.17) is 16.7 Å². The minimum atomic E-state index is -2.59. The van der Waals surface area contributed by atoms with Gasteiger partial charge >= 0.3 is 0 Å². The maximum absolute atomic E-state index is 12.5. The van der Waals surface area contributed by atoms with Crippen molar-refractivity contribution in [3.05, 3.63) is 26.6 Å². The third-order valence-electron chi connectivity index (χ3n) is 1.69. The molecule has 1 N–H and O–H groups in total. The number of pyridine rings is 1. The summed E-state index contributed by atoms with van der Waals surface area (Å²) >= 11 is 7.36. The molecule has 1 heterocycles. The largest absolute Gasteiger partial charge is 0.390 e.